The van der Waals surface area contributed by atoms with Gasteiger partial charge in [0, 0.05) is 29.8 Å². The fourth-order valence-electron chi connectivity index (χ4n) is 2.68. The van der Waals surface area contributed by atoms with Gasteiger partial charge in [-0.2, -0.15) is 4.52 Å². The maximum Gasteiger partial charge on any atom is 0.291 e. The van der Waals surface area contributed by atoms with E-state index < -0.39 is 17.5 Å². The molecule has 0 saturated carbocycles. The van der Waals surface area contributed by atoms with Gasteiger partial charge >= 0.3 is 0 Å². The van der Waals surface area contributed by atoms with E-state index in [4.69, 9.17) is 5.73 Å². The second-order valence-corrected chi connectivity index (χ2v) is 5.99. The number of carbonyl (C=O) groups excluding carboxylic acids is 1. The Kier molecular flexibility index (Phi) is 4.40. The van der Waals surface area contributed by atoms with E-state index in [-0.39, 0.29) is 23.9 Å². The molecule has 0 aliphatic carbocycles. The van der Waals surface area contributed by atoms with Crippen LogP contribution in [-0.4, -0.2) is 25.5 Å². The minimum Gasteiger partial charge on any atom is -0.368 e. The third-order valence-electron chi connectivity index (χ3n) is 4.08. The molecular formula is C19H14F2N6O. The number of nitrogens with two attached hydrogens (primary N) is 1. The van der Waals surface area contributed by atoms with Gasteiger partial charge in [-0.1, -0.05) is 36.4 Å². The monoisotopic (exact) mass is 380 g/mol. The van der Waals surface area contributed by atoms with Crippen LogP contribution in [0, 0.1) is 11.6 Å². The number of aromatic nitrogens is 4. The van der Waals surface area contributed by atoms with E-state index in [9.17, 15) is 13.6 Å². The summed E-state index contributed by atoms with van der Waals surface area (Å²) in [5.41, 5.74) is 7.88. The molecular weight excluding hydrogens is 366 g/mol. The molecule has 2 heterocycles. The van der Waals surface area contributed by atoms with Gasteiger partial charge in [-0.05, 0) is 6.07 Å². The predicted molar refractivity (Wildman–Crippen MR) is 98.2 cm³/mol. The Labute approximate surface area is 157 Å². The zero-order chi connectivity index (χ0) is 19.7. The first-order chi connectivity index (χ1) is 13.5. The summed E-state index contributed by atoms with van der Waals surface area (Å²) < 4.78 is 27.9. The Balaban J connectivity index is 1.58. The molecule has 7 nitrogen and oxygen atoms in total. The van der Waals surface area contributed by atoms with Gasteiger partial charge < -0.3 is 11.1 Å². The van der Waals surface area contributed by atoms with Crippen molar-refractivity contribution < 1.29 is 13.6 Å². The molecule has 0 saturated heterocycles. The summed E-state index contributed by atoms with van der Waals surface area (Å²) >= 11 is 0. The summed E-state index contributed by atoms with van der Waals surface area (Å²) in [6.45, 7) is -0.135. The number of nitrogens with one attached hydrogen (secondary N) is 1. The third kappa shape index (κ3) is 3.37. The molecule has 1 amide bonds. The molecule has 2 aromatic carbocycles. The van der Waals surface area contributed by atoms with Crippen LogP contribution >= 0.6 is 0 Å². The highest BCUT2D eigenvalue weighted by Gasteiger charge is 2.16. The molecule has 4 rings (SSSR count). The van der Waals surface area contributed by atoms with Gasteiger partial charge in [0.1, 0.15) is 11.6 Å². The highest BCUT2D eigenvalue weighted by Crippen LogP contribution is 2.19. The molecule has 140 valence electrons. The molecule has 0 atom stereocenters. The lowest BCUT2D eigenvalue weighted by molar-refractivity contribution is 0.0940. The Bertz CT molecular complexity index is 1180. The first-order valence-electron chi connectivity index (χ1n) is 8.32. The number of hydrogen-bond donors (Lipinski definition) is 2. The molecule has 28 heavy (non-hydrogen) atoms. The quantitative estimate of drug-likeness (QED) is 0.567. The Morgan fingerprint density at radius 3 is 2.61 bits per heavy atom. The summed E-state index contributed by atoms with van der Waals surface area (Å²) in [6, 6.07) is 14.2. The van der Waals surface area contributed by atoms with Crippen LogP contribution in [0.5, 0.6) is 0 Å². The lowest BCUT2D eigenvalue weighted by Crippen LogP contribution is -2.24. The van der Waals surface area contributed by atoms with Gasteiger partial charge in [0.2, 0.25) is 11.8 Å². The number of hydrogen-bond acceptors (Lipinski definition) is 5. The fourth-order valence-corrected chi connectivity index (χ4v) is 2.68. The fraction of sp³-hybridized carbons (Fsp3) is 0.0526. The molecule has 0 radical (unpaired) electrons. The van der Waals surface area contributed by atoms with E-state index in [1.165, 1.54) is 10.6 Å². The van der Waals surface area contributed by atoms with Crippen molar-refractivity contribution in [2.24, 2.45) is 0 Å². The van der Waals surface area contributed by atoms with Gasteiger partial charge in [-0.25, -0.2) is 18.7 Å². The smallest absolute Gasteiger partial charge is 0.291 e. The number of halogens is 2. The zero-order valence-corrected chi connectivity index (χ0v) is 14.4. The van der Waals surface area contributed by atoms with E-state index in [2.05, 4.69) is 20.4 Å². The molecule has 0 aliphatic rings. The molecule has 0 aliphatic heterocycles. The van der Waals surface area contributed by atoms with Gasteiger partial charge in [-0.15, -0.1) is 5.10 Å². The molecule has 0 fully saturated rings. The summed E-state index contributed by atoms with van der Waals surface area (Å²) in [6.07, 6.45) is 0. The topological polar surface area (TPSA) is 98.2 Å². The maximum atomic E-state index is 13.7. The van der Waals surface area contributed by atoms with Crippen LogP contribution in [0.15, 0.2) is 54.6 Å². The van der Waals surface area contributed by atoms with Crippen molar-refractivity contribution in [3.05, 3.63) is 77.6 Å². The van der Waals surface area contributed by atoms with Crippen LogP contribution in [0.25, 0.3) is 16.9 Å². The molecule has 2 aromatic heterocycles. The van der Waals surface area contributed by atoms with Gasteiger partial charge in [0.25, 0.3) is 5.91 Å². The first kappa shape index (κ1) is 17.5. The number of nitrogen functional groups attached to an aromatic ring is 1. The number of amides is 1. The van der Waals surface area contributed by atoms with Crippen LogP contribution in [0.1, 0.15) is 16.2 Å². The lowest BCUT2D eigenvalue weighted by atomic mass is 10.1. The minimum atomic E-state index is -0.746. The van der Waals surface area contributed by atoms with Crippen LogP contribution < -0.4 is 11.1 Å². The second-order valence-electron chi connectivity index (χ2n) is 5.99. The second kappa shape index (κ2) is 7.03. The van der Waals surface area contributed by atoms with E-state index in [0.717, 1.165) is 17.7 Å². The van der Waals surface area contributed by atoms with Crippen molar-refractivity contribution in [1.29, 1.82) is 0 Å². The summed E-state index contributed by atoms with van der Waals surface area (Å²) in [7, 11) is 0. The highest BCUT2D eigenvalue weighted by atomic mass is 19.1. The highest BCUT2D eigenvalue weighted by molar-refractivity contribution is 5.91. The summed E-state index contributed by atoms with van der Waals surface area (Å²) in [5.74, 6) is -2.11. The number of carbonyl (C=O) groups is 1. The molecule has 0 unspecified atom stereocenters. The van der Waals surface area contributed by atoms with Crippen molar-refractivity contribution >= 4 is 17.5 Å². The number of anilines is 1. The van der Waals surface area contributed by atoms with Crippen LogP contribution in [0.4, 0.5) is 14.7 Å². The molecule has 9 heteroatoms. The normalized spacial score (nSPS) is 10.9. The lowest BCUT2D eigenvalue weighted by Gasteiger charge is -2.04. The third-order valence-corrected chi connectivity index (χ3v) is 4.08. The summed E-state index contributed by atoms with van der Waals surface area (Å²) in [4.78, 5) is 20.8. The standard InChI is InChI=1S/C19H14F2N6O/c20-13-7-6-12(14(21)8-13)10-23-18(28)17-25-16-9-15(11-4-2-1-3-5-11)24-19(22)27(16)26-17/h1-9H,10H2,(H2,22,24)(H,23,28). The van der Waals surface area contributed by atoms with Gasteiger partial charge in [0.15, 0.2) is 5.65 Å². The molecule has 3 N–H and O–H groups in total. The van der Waals surface area contributed by atoms with E-state index in [0.29, 0.717) is 11.3 Å². The van der Waals surface area contributed by atoms with Crippen molar-refractivity contribution in [3.8, 4) is 11.3 Å². The number of nitrogens with zero attached hydrogens (tertiary/aromatic N) is 4. The SMILES string of the molecule is Nc1nc(-c2ccccc2)cc2nc(C(=O)NCc3ccc(F)cc3F)nn12. The zero-order valence-electron chi connectivity index (χ0n) is 14.4. The largest absolute Gasteiger partial charge is 0.368 e. The molecule has 0 spiro atoms. The molecule has 0 bridgehead atoms. The van der Waals surface area contributed by atoms with Crippen LogP contribution in [0.3, 0.4) is 0 Å². The minimum absolute atomic E-state index is 0.0764. The first-order valence-corrected chi connectivity index (χ1v) is 8.32. The van der Waals surface area contributed by atoms with Crippen LogP contribution in [0.2, 0.25) is 0 Å². The Hall–Kier alpha value is -3.88. The van der Waals surface area contributed by atoms with Crippen LogP contribution in [-0.2, 0) is 6.54 Å². The Morgan fingerprint density at radius 2 is 1.86 bits per heavy atom. The van der Waals surface area contributed by atoms with Crippen molar-refractivity contribution in [3.63, 3.8) is 0 Å². The maximum absolute atomic E-state index is 13.7. The van der Waals surface area contributed by atoms with Crippen molar-refractivity contribution in [1.82, 2.24) is 24.9 Å². The number of benzene rings is 2. The van der Waals surface area contributed by atoms with E-state index in [1.807, 2.05) is 30.3 Å². The van der Waals surface area contributed by atoms with Gasteiger partial charge in [0.05, 0.1) is 5.69 Å². The van der Waals surface area contributed by atoms with Crippen molar-refractivity contribution in [2.75, 3.05) is 5.73 Å². The van der Waals surface area contributed by atoms with E-state index >= 15 is 0 Å². The molecule has 4 aromatic rings. The number of rotatable bonds is 4. The van der Waals surface area contributed by atoms with E-state index in [1.54, 1.807) is 6.07 Å². The average Bonchev–Trinajstić information content (AvgIpc) is 3.13. The Morgan fingerprint density at radius 1 is 1.07 bits per heavy atom. The average molecular weight is 380 g/mol. The van der Waals surface area contributed by atoms with Crippen molar-refractivity contribution in [2.45, 2.75) is 6.54 Å². The predicted octanol–water partition coefficient (Wildman–Crippen LogP) is 2.58. The summed E-state index contributed by atoms with van der Waals surface area (Å²) in [5, 5.41) is 6.55. The van der Waals surface area contributed by atoms with Gasteiger partial charge in [-0.3, -0.25) is 4.79 Å². The number of fused-ring (bicyclic) bond motifs is 1.